The molecular weight excluding hydrogens is 216 g/mol. The van der Waals surface area contributed by atoms with Crippen molar-refractivity contribution >= 4 is 5.97 Å². The molecule has 0 aromatic carbocycles. The van der Waals surface area contributed by atoms with Crippen molar-refractivity contribution in [1.29, 1.82) is 0 Å². The molecule has 4 atom stereocenters. The van der Waals surface area contributed by atoms with Gasteiger partial charge in [-0.3, -0.25) is 4.79 Å². The van der Waals surface area contributed by atoms with Gasteiger partial charge < -0.3 is 10.2 Å². The number of aliphatic carboxylic acids is 1. The van der Waals surface area contributed by atoms with Gasteiger partial charge in [0.2, 0.25) is 0 Å². The van der Waals surface area contributed by atoms with E-state index in [1.165, 1.54) is 5.57 Å². The Morgan fingerprint density at radius 2 is 2.29 bits per heavy atom. The fraction of sp³-hybridized carbons (Fsp3) is 0.643. The van der Waals surface area contributed by atoms with Crippen LogP contribution in [0.1, 0.15) is 32.1 Å². The molecule has 0 heterocycles. The lowest BCUT2D eigenvalue weighted by atomic mass is 9.57. The van der Waals surface area contributed by atoms with Crippen LogP contribution in [0.15, 0.2) is 11.6 Å². The van der Waals surface area contributed by atoms with Crippen LogP contribution in [0.5, 0.6) is 0 Å². The second-order valence-corrected chi connectivity index (χ2v) is 5.02. The van der Waals surface area contributed by atoms with Gasteiger partial charge in [-0.05, 0) is 37.5 Å². The van der Waals surface area contributed by atoms with Crippen LogP contribution in [-0.4, -0.2) is 22.3 Å². The van der Waals surface area contributed by atoms with E-state index in [2.05, 4.69) is 12.0 Å². The highest BCUT2D eigenvalue weighted by atomic mass is 16.4. The molecule has 2 aliphatic rings. The predicted molar refractivity (Wildman–Crippen MR) is 64.1 cm³/mol. The molecule has 2 fully saturated rings. The van der Waals surface area contributed by atoms with Gasteiger partial charge in [-0.2, -0.15) is 0 Å². The van der Waals surface area contributed by atoms with Crippen LogP contribution in [0.4, 0.5) is 0 Å². The number of carbonyl (C=O) groups is 1. The van der Waals surface area contributed by atoms with Crippen molar-refractivity contribution in [3.8, 4) is 12.3 Å². The van der Waals surface area contributed by atoms with Gasteiger partial charge in [0.15, 0.2) is 0 Å². The summed E-state index contributed by atoms with van der Waals surface area (Å²) in [4.78, 5) is 10.4. The molecule has 0 aliphatic heterocycles. The number of aliphatic hydroxyl groups is 1. The summed E-state index contributed by atoms with van der Waals surface area (Å²) in [6, 6.07) is 0. The van der Waals surface area contributed by atoms with Gasteiger partial charge in [-0.15, -0.1) is 12.3 Å². The molecule has 2 N–H and O–H groups in total. The van der Waals surface area contributed by atoms with E-state index in [1.54, 1.807) is 0 Å². The van der Waals surface area contributed by atoms with Crippen LogP contribution >= 0.6 is 0 Å². The molecule has 0 saturated heterocycles. The first-order chi connectivity index (χ1) is 8.13. The third-order valence-electron chi connectivity index (χ3n) is 4.07. The van der Waals surface area contributed by atoms with Gasteiger partial charge in [-0.1, -0.05) is 11.6 Å². The third-order valence-corrected chi connectivity index (χ3v) is 4.07. The van der Waals surface area contributed by atoms with E-state index in [9.17, 15) is 9.90 Å². The Labute approximate surface area is 102 Å². The lowest BCUT2D eigenvalue weighted by molar-refractivity contribution is -0.136. The molecule has 0 aromatic rings. The van der Waals surface area contributed by atoms with Crippen LogP contribution in [0.25, 0.3) is 0 Å². The smallest absolute Gasteiger partial charge is 0.303 e. The molecule has 0 spiro atoms. The zero-order valence-electron chi connectivity index (χ0n) is 9.80. The van der Waals surface area contributed by atoms with Crippen molar-refractivity contribution < 1.29 is 15.0 Å². The Morgan fingerprint density at radius 1 is 1.53 bits per heavy atom. The first-order valence-corrected chi connectivity index (χ1v) is 6.18. The van der Waals surface area contributed by atoms with Gasteiger partial charge >= 0.3 is 5.97 Å². The normalized spacial score (nSPS) is 38.0. The summed E-state index contributed by atoms with van der Waals surface area (Å²) in [5.41, 5.74) is 1.35. The number of carboxylic acid groups (broad SMARTS) is 1. The minimum Gasteiger partial charge on any atom is -0.481 e. The summed E-state index contributed by atoms with van der Waals surface area (Å²) < 4.78 is 0. The van der Waals surface area contributed by atoms with Crippen LogP contribution in [0, 0.1) is 30.1 Å². The van der Waals surface area contributed by atoms with Gasteiger partial charge in [0.05, 0.1) is 6.10 Å². The summed E-state index contributed by atoms with van der Waals surface area (Å²) in [7, 11) is 0. The molecule has 4 unspecified atom stereocenters. The topological polar surface area (TPSA) is 57.5 Å². The van der Waals surface area contributed by atoms with Crippen molar-refractivity contribution in [1.82, 2.24) is 0 Å². The van der Waals surface area contributed by atoms with E-state index in [0.29, 0.717) is 18.3 Å². The molecule has 0 aromatic heterocycles. The molecule has 92 valence electrons. The number of allylic oxidation sites excluding steroid dienone is 2. The number of rotatable bonds is 3. The number of terminal acetylenes is 1. The Hall–Kier alpha value is -1.27. The van der Waals surface area contributed by atoms with E-state index in [-0.39, 0.29) is 18.4 Å². The largest absolute Gasteiger partial charge is 0.481 e. The Kier molecular flexibility index (Phi) is 3.54. The summed E-state index contributed by atoms with van der Waals surface area (Å²) in [6.07, 6.45) is 10.7. The number of fused-ring (bicyclic) bond motifs is 1. The summed E-state index contributed by atoms with van der Waals surface area (Å²) in [5, 5.41) is 18.4. The Morgan fingerprint density at radius 3 is 2.94 bits per heavy atom. The zero-order valence-corrected chi connectivity index (χ0v) is 9.80. The zero-order chi connectivity index (χ0) is 12.4. The van der Waals surface area contributed by atoms with Gasteiger partial charge in [0.1, 0.15) is 0 Å². The molecule has 17 heavy (non-hydrogen) atoms. The minimum atomic E-state index is -0.752. The van der Waals surface area contributed by atoms with E-state index >= 15 is 0 Å². The van der Waals surface area contributed by atoms with Crippen molar-refractivity contribution in [2.24, 2.45) is 17.8 Å². The minimum absolute atomic E-state index is 0.00891. The third kappa shape index (κ3) is 2.37. The van der Waals surface area contributed by atoms with Crippen molar-refractivity contribution in [3.05, 3.63) is 11.6 Å². The van der Waals surface area contributed by atoms with Gasteiger partial charge in [0, 0.05) is 12.3 Å². The first-order valence-electron chi connectivity index (χ1n) is 6.18. The van der Waals surface area contributed by atoms with Crippen LogP contribution in [-0.2, 0) is 4.79 Å². The second kappa shape index (κ2) is 4.93. The van der Waals surface area contributed by atoms with E-state index in [0.717, 1.165) is 19.3 Å². The Balaban J connectivity index is 1.92. The second-order valence-electron chi connectivity index (χ2n) is 5.02. The Bertz CT molecular complexity index is 377. The standard InChI is InChI=1S/C14H18O3/c1-2-10-12-8-9(4-3-5-14(16)17)11(12)6-7-13(10)15/h1,4,10-13,15H,3,5-8H2,(H,16,17)/b9-4-. The molecule has 3 nitrogen and oxygen atoms in total. The van der Waals surface area contributed by atoms with Crippen molar-refractivity contribution in [3.63, 3.8) is 0 Å². The van der Waals surface area contributed by atoms with Gasteiger partial charge in [0.25, 0.3) is 0 Å². The van der Waals surface area contributed by atoms with Gasteiger partial charge in [-0.25, -0.2) is 0 Å². The molecule has 3 heteroatoms. The number of carboxylic acids is 1. The molecule has 2 rings (SSSR count). The lowest BCUT2D eigenvalue weighted by Crippen LogP contribution is -2.44. The molecule has 0 bridgehead atoms. The van der Waals surface area contributed by atoms with Crippen molar-refractivity contribution in [2.75, 3.05) is 0 Å². The maximum atomic E-state index is 10.4. The average Bonchev–Trinajstić information content (AvgIpc) is 2.25. The number of hydrogen-bond acceptors (Lipinski definition) is 2. The molecule has 0 amide bonds. The monoisotopic (exact) mass is 234 g/mol. The molecule has 0 radical (unpaired) electrons. The quantitative estimate of drug-likeness (QED) is 0.578. The highest BCUT2D eigenvalue weighted by Crippen LogP contribution is 2.51. The number of hydrogen-bond donors (Lipinski definition) is 2. The van der Waals surface area contributed by atoms with Crippen LogP contribution < -0.4 is 0 Å². The predicted octanol–water partition coefficient (Wildman–Crippen LogP) is 1.82. The molecular formula is C14H18O3. The summed E-state index contributed by atoms with van der Waals surface area (Å²) >= 11 is 0. The van der Waals surface area contributed by atoms with Crippen molar-refractivity contribution in [2.45, 2.75) is 38.2 Å². The highest BCUT2D eigenvalue weighted by Gasteiger charge is 2.45. The maximum absolute atomic E-state index is 10.4. The SMILES string of the molecule is C#CC1C(O)CCC2/C(=C\CCC(=O)O)CC21. The van der Waals surface area contributed by atoms with E-state index < -0.39 is 5.97 Å². The van der Waals surface area contributed by atoms with Crippen LogP contribution in [0.2, 0.25) is 0 Å². The van der Waals surface area contributed by atoms with Crippen LogP contribution in [0.3, 0.4) is 0 Å². The fourth-order valence-corrected chi connectivity index (χ4v) is 3.12. The highest BCUT2D eigenvalue weighted by molar-refractivity contribution is 5.66. The molecule has 2 saturated carbocycles. The van der Waals surface area contributed by atoms with E-state index in [1.807, 2.05) is 0 Å². The summed E-state index contributed by atoms with van der Waals surface area (Å²) in [6.45, 7) is 0. The summed E-state index contributed by atoms with van der Waals surface area (Å²) in [5.74, 6) is 2.86. The average molecular weight is 234 g/mol. The molecule has 2 aliphatic carbocycles. The lowest BCUT2D eigenvalue weighted by Gasteiger charge is -2.48. The fourth-order valence-electron chi connectivity index (χ4n) is 3.12. The maximum Gasteiger partial charge on any atom is 0.303 e. The van der Waals surface area contributed by atoms with E-state index in [4.69, 9.17) is 11.5 Å². The number of aliphatic hydroxyl groups excluding tert-OH is 1. The first kappa shape index (κ1) is 12.2.